The number of hydrogen-bond acceptors (Lipinski definition) is 6. The van der Waals surface area contributed by atoms with E-state index >= 15 is 0 Å². The van der Waals surface area contributed by atoms with Crippen LogP contribution in [0.1, 0.15) is 53.5 Å². The third-order valence-corrected chi connectivity index (χ3v) is 14.0. The van der Waals surface area contributed by atoms with Crippen molar-refractivity contribution in [3.05, 3.63) is 78.9 Å². The van der Waals surface area contributed by atoms with Crippen molar-refractivity contribution >= 4 is 48.8 Å². The Morgan fingerprint density at radius 2 is 1.70 bits per heavy atom. The lowest BCUT2D eigenvalue weighted by atomic mass is 9.80. The molecule has 11 heteroatoms. The summed E-state index contributed by atoms with van der Waals surface area (Å²) in [5, 5.41) is 22.9. The minimum absolute atomic E-state index is 0.111. The minimum atomic E-state index is -1.89. The number of ether oxygens (including phenoxy) is 2. The quantitative estimate of drug-likeness (QED) is 0.127. The van der Waals surface area contributed by atoms with Gasteiger partial charge in [0.1, 0.15) is 10.0 Å². The van der Waals surface area contributed by atoms with Gasteiger partial charge in [0.2, 0.25) is 0 Å². The van der Waals surface area contributed by atoms with Gasteiger partial charge in [0.05, 0.1) is 20.1 Å². The van der Waals surface area contributed by atoms with Crippen LogP contribution >= 0.6 is 34.5 Å². The number of pyridine rings is 1. The third kappa shape index (κ3) is 7.50. The van der Waals surface area contributed by atoms with Crippen molar-refractivity contribution in [1.82, 2.24) is 0 Å². The van der Waals surface area contributed by atoms with Crippen LogP contribution in [-0.4, -0.2) is 40.2 Å². The Kier molecular flexibility index (Phi) is 10.6. The van der Waals surface area contributed by atoms with E-state index in [1.54, 1.807) is 19.2 Å². The van der Waals surface area contributed by atoms with Crippen LogP contribution in [0.25, 0.3) is 0 Å². The van der Waals surface area contributed by atoms with E-state index in [1.165, 1.54) is 30.8 Å². The molecule has 0 aliphatic carbocycles. The van der Waals surface area contributed by atoms with Crippen molar-refractivity contribution in [1.29, 1.82) is 0 Å². The first-order valence-electron chi connectivity index (χ1n) is 12.9. The van der Waals surface area contributed by atoms with Gasteiger partial charge < -0.3 is 24.2 Å². The molecule has 0 amide bonds. The Hall–Kier alpha value is -2.30. The zero-order chi connectivity index (χ0) is 29.8. The van der Waals surface area contributed by atoms with E-state index in [4.69, 9.17) is 37.1 Å². The third-order valence-electron chi connectivity index (χ3n) is 7.59. The van der Waals surface area contributed by atoms with E-state index < -0.39 is 26.1 Å². The van der Waals surface area contributed by atoms with Crippen LogP contribution in [0.5, 0.6) is 11.5 Å². The first kappa shape index (κ1) is 32.2. The van der Waals surface area contributed by atoms with E-state index in [9.17, 15) is 15.1 Å². The number of nitrogens with zero attached hydrogens (tertiary/aromatic N) is 1. The van der Waals surface area contributed by atoms with Gasteiger partial charge in [-0.2, -0.15) is 4.73 Å². The number of aliphatic carboxylic acids is 1. The smallest absolute Gasteiger partial charge is 0.312 e. The van der Waals surface area contributed by atoms with Gasteiger partial charge in [-0.15, -0.1) is 11.3 Å². The van der Waals surface area contributed by atoms with Crippen molar-refractivity contribution < 1.29 is 28.5 Å². The molecule has 7 nitrogen and oxygen atoms in total. The normalized spacial score (nSPS) is 13.6. The number of methoxy groups -OCH3 is 2. The topological polar surface area (TPSA) is 91.9 Å². The molecule has 1 N–H and O–H groups in total. The largest absolute Gasteiger partial charge is 0.619 e. The number of carbonyl (C=O) groups is 1. The molecule has 0 saturated carbocycles. The van der Waals surface area contributed by atoms with Gasteiger partial charge in [0, 0.05) is 34.3 Å². The summed E-state index contributed by atoms with van der Waals surface area (Å²) in [5.41, 5.74) is 1.22. The van der Waals surface area contributed by atoms with Gasteiger partial charge in [-0.3, -0.25) is 4.79 Å². The van der Waals surface area contributed by atoms with Crippen LogP contribution in [0.2, 0.25) is 28.2 Å². The molecule has 40 heavy (non-hydrogen) atoms. The number of thiophene rings is 1. The predicted octanol–water partition coefficient (Wildman–Crippen LogP) is 7.46. The van der Waals surface area contributed by atoms with Crippen LogP contribution < -0.4 is 14.2 Å². The summed E-state index contributed by atoms with van der Waals surface area (Å²) in [4.78, 5) is 14.6. The van der Waals surface area contributed by atoms with Crippen molar-refractivity contribution in [2.24, 2.45) is 0 Å². The van der Waals surface area contributed by atoms with Crippen molar-refractivity contribution in [2.45, 2.75) is 63.6 Å². The monoisotopic (exact) mass is 625 g/mol. The second-order valence-electron chi connectivity index (χ2n) is 11.2. The maximum atomic E-state index is 12.9. The molecule has 2 atom stereocenters. The summed E-state index contributed by atoms with van der Waals surface area (Å²) < 4.78 is 17.8. The van der Waals surface area contributed by atoms with E-state index in [-0.39, 0.29) is 21.5 Å². The summed E-state index contributed by atoms with van der Waals surface area (Å²) in [6.07, 6.45) is 3.32. The van der Waals surface area contributed by atoms with E-state index in [2.05, 4.69) is 33.9 Å². The molecule has 0 fully saturated rings. The molecule has 0 spiro atoms. The number of carboxylic acid groups (broad SMARTS) is 1. The SMILES string of the molecule is COc1ccc([C@@H](Cc2c(Cl)c[n+]([O-])cc2Cl)C(C(=O)O)c2ccc(CCO[Si](C)(C)C(C)(C)C)s2)cc1OC. The number of rotatable bonds is 12. The summed E-state index contributed by atoms with van der Waals surface area (Å²) in [7, 11) is 1.18. The Bertz CT molecular complexity index is 1320. The molecule has 0 aliphatic rings. The molecular weight excluding hydrogens is 589 g/mol. The first-order chi connectivity index (χ1) is 18.7. The molecule has 0 saturated heterocycles. The highest BCUT2D eigenvalue weighted by atomic mass is 35.5. The highest BCUT2D eigenvalue weighted by Crippen LogP contribution is 2.43. The highest BCUT2D eigenvalue weighted by molar-refractivity contribution is 7.12. The first-order valence-corrected chi connectivity index (χ1v) is 17.4. The molecule has 3 aromatic rings. The Labute approximate surface area is 251 Å². The van der Waals surface area contributed by atoms with E-state index in [0.29, 0.717) is 45.3 Å². The lowest BCUT2D eigenvalue weighted by molar-refractivity contribution is -0.605. The summed E-state index contributed by atoms with van der Waals surface area (Å²) in [6.45, 7) is 11.6. The maximum absolute atomic E-state index is 12.9. The summed E-state index contributed by atoms with van der Waals surface area (Å²) in [5.74, 6) is -1.46. The fourth-order valence-electron chi connectivity index (χ4n) is 4.27. The van der Waals surface area contributed by atoms with Gasteiger partial charge in [-0.25, -0.2) is 0 Å². The van der Waals surface area contributed by atoms with Crippen LogP contribution in [0.4, 0.5) is 0 Å². The Morgan fingerprint density at radius 1 is 1.07 bits per heavy atom. The minimum Gasteiger partial charge on any atom is -0.619 e. The molecule has 0 aliphatic heterocycles. The van der Waals surface area contributed by atoms with Crippen LogP contribution in [-0.2, 0) is 22.1 Å². The fraction of sp³-hybridized carbons (Fsp3) is 0.448. The molecule has 2 heterocycles. The Balaban J connectivity index is 2.00. The number of carboxylic acids is 1. The van der Waals surface area contributed by atoms with Gasteiger partial charge in [-0.05, 0) is 54.4 Å². The number of benzene rings is 1. The Morgan fingerprint density at radius 3 is 2.25 bits per heavy atom. The van der Waals surface area contributed by atoms with Crippen molar-refractivity contribution in [2.75, 3.05) is 20.8 Å². The second-order valence-corrected chi connectivity index (χ2v) is 18.0. The van der Waals surface area contributed by atoms with Crippen LogP contribution in [0.15, 0.2) is 42.7 Å². The highest BCUT2D eigenvalue weighted by Gasteiger charge is 2.37. The average molecular weight is 627 g/mol. The standard InChI is InChI=1S/C29H37Cl2NO6SSi/c1-29(2,3)40(6,7)38-13-12-19-9-11-26(39-19)27(28(33)34)20(15-21-22(30)16-32(35)17-23(21)31)18-8-10-24(36-4)25(14-18)37-5/h8-11,14,16-17,20,27H,12-13,15H2,1-7H3,(H,33,34)/t20-,27?/m1/s1. The van der Waals surface area contributed by atoms with Crippen LogP contribution in [0, 0.1) is 5.21 Å². The zero-order valence-electron chi connectivity index (χ0n) is 23.9. The summed E-state index contributed by atoms with van der Waals surface area (Å²) >= 11 is 14.3. The molecule has 0 bridgehead atoms. The zero-order valence-corrected chi connectivity index (χ0v) is 27.2. The molecule has 218 valence electrons. The molecule has 1 aromatic carbocycles. The van der Waals surface area contributed by atoms with Gasteiger partial charge in [0.25, 0.3) is 0 Å². The molecule has 2 aromatic heterocycles. The van der Waals surface area contributed by atoms with Gasteiger partial charge >= 0.3 is 5.97 Å². The number of hydrogen-bond donors (Lipinski definition) is 1. The van der Waals surface area contributed by atoms with Gasteiger partial charge in [-0.1, -0.05) is 50.0 Å². The maximum Gasteiger partial charge on any atom is 0.312 e. The van der Waals surface area contributed by atoms with Crippen molar-refractivity contribution in [3.63, 3.8) is 0 Å². The second kappa shape index (κ2) is 13.1. The van der Waals surface area contributed by atoms with Crippen LogP contribution in [0.3, 0.4) is 0 Å². The number of aromatic nitrogens is 1. The van der Waals surface area contributed by atoms with E-state index in [1.807, 2.05) is 18.2 Å². The molecule has 1 unspecified atom stereocenters. The lowest BCUT2D eigenvalue weighted by Crippen LogP contribution is -2.41. The van der Waals surface area contributed by atoms with Gasteiger partial charge in [0.15, 0.2) is 32.2 Å². The molecule has 3 rings (SSSR count). The molecule has 0 radical (unpaired) electrons. The lowest BCUT2D eigenvalue weighted by Gasteiger charge is -2.36. The van der Waals surface area contributed by atoms with E-state index in [0.717, 1.165) is 4.88 Å². The summed E-state index contributed by atoms with van der Waals surface area (Å²) in [6, 6.07) is 9.19. The number of halogens is 2. The average Bonchev–Trinajstić information content (AvgIpc) is 3.31. The predicted molar refractivity (Wildman–Crippen MR) is 163 cm³/mol. The fourth-order valence-corrected chi connectivity index (χ4v) is 7.06. The van der Waals surface area contributed by atoms with Crippen molar-refractivity contribution in [3.8, 4) is 11.5 Å². The molecular formula is C29H37Cl2NO6SSi.